The maximum atomic E-state index is 11.4. The first-order valence-electron chi connectivity index (χ1n) is 6.67. The van der Waals surface area contributed by atoms with Crippen LogP contribution in [-0.2, 0) is 10.0 Å². The van der Waals surface area contributed by atoms with Crippen molar-refractivity contribution in [2.75, 3.05) is 28.9 Å². The first-order valence-corrected chi connectivity index (χ1v) is 8.32. The van der Waals surface area contributed by atoms with Gasteiger partial charge in [-0.25, -0.2) is 8.42 Å². The van der Waals surface area contributed by atoms with E-state index in [1.165, 1.54) is 12.8 Å². The minimum absolute atomic E-state index is 0.0837. The van der Waals surface area contributed by atoms with Gasteiger partial charge in [-0.15, -0.1) is 0 Å². The van der Waals surface area contributed by atoms with Gasteiger partial charge in [-0.2, -0.15) is 0 Å². The third-order valence-corrected chi connectivity index (χ3v) is 4.56. The van der Waals surface area contributed by atoms with Gasteiger partial charge in [0.25, 0.3) is 0 Å². The Morgan fingerprint density at radius 2 is 1.95 bits per heavy atom. The van der Waals surface area contributed by atoms with Gasteiger partial charge in [0.1, 0.15) is 0 Å². The van der Waals surface area contributed by atoms with Gasteiger partial charge in [0, 0.05) is 24.0 Å². The number of anilines is 2. The van der Waals surface area contributed by atoms with Gasteiger partial charge in [0.15, 0.2) is 0 Å². The molecule has 1 saturated heterocycles. The van der Waals surface area contributed by atoms with E-state index in [0.29, 0.717) is 11.7 Å². The number of rotatable bonds is 6. The Bertz CT molecular complexity index is 493. The Morgan fingerprint density at radius 3 is 2.53 bits per heavy atom. The molecule has 1 unspecified atom stereocenters. The molecular formula is C13H21N3O2S. The molecule has 1 fully saturated rings. The average molecular weight is 283 g/mol. The molecule has 6 heteroatoms. The van der Waals surface area contributed by atoms with E-state index >= 15 is 0 Å². The smallest absolute Gasteiger partial charge is 0.232 e. The minimum Gasteiger partial charge on any atom is -0.383 e. The Labute approximate surface area is 114 Å². The SMILES string of the molecule is CCS(=O)(=O)Nc1ccc(NCC2CCCN2)cc1. The van der Waals surface area contributed by atoms with Crippen LogP contribution >= 0.6 is 0 Å². The predicted octanol–water partition coefficient (Wildman–Crippen LogP) is 1.61. The van der Waals surface area contributed by atoms with Crippen LogP contribution in [-0.4, -0.2) is 33.3 Å². The first kappa shape index (κ1) is 14.1. The molecule has 0 aliphatic carbocycles. The van der Waals surface area contributed by atoms with Gasteiger partial charge < -0.3 is 10.6 Å². The van der Waals surface area contributed by atoms with E-state index in [0.717, 1.165) is 18.8 Å². The summed E-state index contributed by atoms with van der Waals surface area (Å²) in [5.74, 6) is 0.0837. The van der Waals surface area contributed by atoms with Crippen molar-refractivity contribution in [1.82, 2.24) is 5.32 Å². The molecule has 0 saturated carbocycles. The zero-order chi connectivity index (χ0) is 13.7. The quantitative estimate of drug-likeness (QED) is 0.742. The molecule has 1 aliphatic rings. The van der Waals surface area contributed by atoms with Gasteiger partial charge in [-0.1, -0.05) is 0 Å². The molecule has 1 aromatic carbocycles. The Balaban J connectivity index is 1.87. The molecule has 1 aromatic rings. The molecule has 0 bridgehead atoms. The van der Waals surface area contributed by atoms with E-state index in [-0.39, 0.29) is 5.75 Å². The second-order valence-corrected chi connectivity index (χ2v) is 6.77. The van der Waals surface area contributed by atoms with Crippen LogP contribution in [0.4, 0.5) is 11.4 Å². The number of hydrogen-bond donors (Lipinski definition) is 3. The van der Waals surface area contributed by atoms with Crippen molar-refractivity contribution in [2.24, 2.45) is 0 Å². The molecule has 106 valence electrons. The van der Waals surface area contributed by atoms with Crippen molar-refractivity contribution in [1.29, 1.82) is 0 Å². The van der Waals surface area contributed by atoms with Crippen molar-refractivity contribution in [3.05, 3.63) is 24.3 Å². The first-order chi connectivity index (χ1) is 9.09. The Hall–Kier alpha value is -1.27. The van der Waals surface area contributed by atoms with Crippen molar-refractivity contribution in [2.45, 2.75) is 25.8 Å². The van der Waals surface area contributed by atoms with E-state index < -0.39 is 10.0 Å². The van der Waals surface area contributed by atoms with Crippen molar-refractivity contribution >= 4 is 21.4 Å². The fraction of sp³-hybridized carbons (Fsp3) is 0.538. The predicted molar refractivity (Wildman–Crippen MR) is 79.0 cm³/mol. The molecule has 0 radical (unpaired) electrons. The molecule has 0 aromatic heterocycles. The maximum absolute atomic E-state index is 11.4. The second kappa shape index (κ2) is 6.25. The lowest BCUT2D eigenvalue weighted by Gasteiger charge is -2.13. The van der Waals surface area contributed by atoms with Gasteiger partial charge >= 0.3 is 0 Å². The lowest BCUT2D eigenvalue weighted by molar-refractivity contribution is 0.602. The topological polar surface area (TPSA) is 70.2 Å². The molecule has 0 amide bonds. The van der Waals surface area contributed by atoms with Gasteiger partial charge in [-0.05, 0) is 50.6 Å². The van der Waals surface area contributed by atoms with Crippen molar-refractivity contribution in [3.8, 4) is 0 Å². The molecule has 3 N–H and O–H groups in total. The monoisotopic (exact) mass is 283 g/mol. The normalized spacial score (nSPS) is 19.3. The maximum Gasteiger partial charge on any atom is 0.232 e. The lowest BCUT2D eigenvalue weighted by atomic mass is 10.2. The molecule has 5 nitrogen and oxygen atoms in total. The van der Waals surface area contributed by atoms with Crippen LogP contribution in [0.2, 0.25) is 0 Å². The summed E-state index contributed by atoms with van der Waals surface area (Å²) in [4.78, 5) is 0. The highest BCUT2D eigenvalue weighted by molar-refractivity contribution is 7.92. The Kier molecular flexibility index (Phi) is 4.66. The number of hydrogen-bond acceptors (Lipinski definition) is 4. The van der Waals surface area contributed by atoms with Crippen LogP contribution in [0.3, 0.4) is 0 Å². The highest BCUT2D eigenvalue weighted by Gasteiger charge is 2.13. The number of sulfonamides is 1. The highest BCUT2D eigenvalue weighted by atomic mass is 32.2. The molecule has 19 heavy (non-hydrogen) atoms. The van der Waals surface area contributed by atoms with Gasteiger partial charge in [0.05, 0.1) is 5.75 Å². The van der Waals surface area contributed by atoms with Crippen LogP contribution < -0.4 is 15.4 Å². The summed E-state index contributed by atoms with van der Waals surface area (Å²) in [5.41, 5.74) is 1.61. The molecule has 1 heterocycles. The Morgan fingerprint density at radius 1 is 1.26 bits per heavy atom. The summed E-state index contributed by atoms with van der Waals surface area (Å²) in [6.45, 7) is 3.62. The van der Waals surface area contributed by atoms with E-state index in [1.807, 2.05) is 12.1 Å². The second-order valence-electron chi connectivity index (χ2n) is 4.76. The third kappa shape index (κ3) is 4.40. The van der Waals surface area contributed by atoms with Gasteiger partial charge in [-0.3, -0.25) is 4.72 Å². The summed E-state index contributed by atoms with van der Waals surface area (Å²) >= 11 is 0. The fourth-order valence-electron chi connectivity index (χ4n) is 2.08. The summed E-state index contributed by atoms with van der Waals surface area (Å²) in [7, 11) is -3.19. The van der Waals surface area contributed by atoms with Crippen LogP contribution in [0.15, 0.2) is 24.3 Å². The molecule has 0 spiro atoms. The van der Waals surface area contributed by atoms with Crippen molar-refractivity contribution < 1.29 is 8.42 Å². The van der Waals surface area contributed by atoms with Crippen LogP contribution in [0.5, 0.6) is 0 Å². The van der Waals surface area contributed by atoms with Crippen LogP contribution in [0, 0.1) is 0 Å². The standard InChI is InChI=1S/C13H21N3O2S/c1-2-19(17,18)16-12-7-5-11(6-8-12)15-10-13-4-3-9-14-13/h5-8,13-16H,2-4,9-10H2,1H3. The molecular weight excluding hydrogens is 262 g/mol. The largest absolute Gasteiger partial charge is 0.383 e. The number of benzene rings is 1. The van der Waals surface area contributed by atoms with E-state index in [1.54, 1.807) is 19.1 Å². The minimum atomic E-state index is -3.19. The van der Waals surface area contributed by atoms with Gasteiger partial charge in [0.2, 0.25) is 10.0 Å². The highest BCUT2D eigenvalue weighted by Crippen LogP contribution is 2.15. The van der Waals surface area contributed by atoms with Crippen molar-refractivity contribution in [3.63, 3.8) is 0 Å². The fourth-order valence-corrected chi connectivity index (χ4v) is 2.72. The average Bonchev–Trinajstić information content (AvgIpc) is 2.91. The van der Waals surface area contributed by atoms with E-state index in [9.17, 15) is 8.42 Å². The molecule has 1 atom stereocenters. The summed E-state index contributed by atoms with van der Waals surface area (Å²) in [6.07, 6.45) is 2.45. The molecule has 1 aliphatic heterocycles. The van der Waals surface area contributed by atoms with E-state index in [2.05, 4.69) is 15.4 Å². The summed E-state index contributed by atoms with van der Waals surface area (Å²) in [5, 5.41) is 6.77. The lowest BCUT2D eigenvalue weighted by Crippen LogP contribution is -2.29. The number of nitrogens with one attached hydrogen (secondary N) is 3. The molecule has 2 rings (SSSR count). The van der Waals surface area contributed by atoms with E-state index in [4.69, 9.17) is 0 Å². The summed E-state index contributed by atoms with van der Waals surface area (Å²) < 4.78 is 25.4. The summed E-state index contributed by atoms with van der Waals surface area (Å²) in [6, 6.07) is 7.87. The zero-order valence-corrected chi connectivity index (χ0v) is 12.0. The zero-order valence-electron chi connectivity index (χ0n) is 11.1. The third-order valence-electron chi connectivity index (χ3n) is 3.25. The van der Waals surface area contributed by atoms with Crippen LogP contribution in [0.25, 0.3) is 0 Å². The van der Waals surface area contributed by atoms with Crippen LogP contribution in [0.1, 0.15) is 19.8 Å².